The predicted octanol–water partition coefficient (Wildman–Crippen LogP) is 4.74. The Morgan fingerprint density at radius 2 is 1.49 bits per heavy atom. The lowest BCUT2D eigenvalue weighted by Crippen LogP contribution is -2.48. The molecule has 1 N–H and O–H groups in total. The van der Waals surface area contributed by atoms with Crippen molar-refractivity contribution in [3.8, 4) is 0 Å². The molecular weight excluding hydrogens is 564 g/mol. The summed E-state index contributed by atoms with van der Waals surface area (Å²) in [6.45, 7) is 5.85. The number of carbonyl (C=O) groups is 2. The molecule has 2 aliphatic rings. The zero-order valence-electron chi connectivity index (χ0n) is 24.2. The minimum atomic E-state index is -3.63. The number of amides is 2. The number of hydrogen-bond donors (Lipinski definition) is 1. The molecule has 6 rings (SSSR count). The van der Waals surface area contributed by atoms with Gasteiger partial charge >= 0.3 is 0 Å². The number of carbonyl (C=O) groups excluding carboxylic acids is 2. The fourth-order valence-corrected chi connectivity index (χ4v) is 7.33. The molecule has 9 nitrogen and oxygen atoms in total. The van der Waals surface area contributed by atoms with E-state index >= 15 is 0 Å². The van der Waals surface area contributed by atoms with Crippen LogP contribution in [-0.2, 0) is 21.4 Å². The fourth-order valence-electron chi connectivity index (χ4n) is 5.86. The lowest BCUT2D eigenvalue weighted by Gasteiger charge is -2.34. The second-order valence-electron chi connectivity index (χ2n) is 11.3. The number of nitrogens with one attached hydrogen (secondary N) is 1. The second kappa shape index (κ2) is 12.3. The summed E-state index contributed by atoms with van der Waals surface area (Å²) < 4.78 is 33.7. The Morgan fingerprint density at radius 3 is 2.19 bits per heavy atom. The van der Waals surface area contributed by atoms with E-state index in [0.29, 0.717) is 42.6 Å². The van der Waals surface area contributed by atoms with Gasteiger partial charge in [-0.3, -0.25) is 14.5 Å². The van der Waals surface area contributed by atoms with E-state index in [4.69, 9.17) is 4.42 Å². The van der Waals surface area contributed by atoms with Gasteiger partial charge in [-0.2, -0.15) is 4.31 Å². The van der Waals surface area contributed by atoms with Crippen LogP contribution in [-0.4, -0.2) is 73.6 Å². The highest BCUT2D eigenvalue weighted by Gasteiger charge is 2.34. The van der Waals surface area contributed by atoms with Crippen LogP contribution in [0.4, 0.5) is 5.69 Å². The van der Waals surface area contributed by atoms with Crippen LogP contribution < -0.4 is 5.32 Å². The van der Waals surface area contributed by atoms with E-state index in [-0.39, 0.29) is 41.5 Å². The highest BCUT2D eigenvalue weighted by atomic mass is 32.2. The van der Waals surface area contributed by atoms with Gasteiger partial charge < -0.3 is 14.6 Å². The zero-order chi connectivity index (χ0) is 30.0. The molecule has 0 saturated carbocycles. The number of nitrogens with zero attached hydrogens (tertiary/aromatic N) is 3. The van der Waals surface area contributed by atoms with Crippen molar-refractivity contribution in [2.45, 2.75) is 31.2 Å². The normalized spacial score (nSPS) is 17.3. The third kappa shape index (κ3) is 6.22. The zero-order valence-corrected chi connectivity index (χ0v) is 25.1. The van der Waals surface area contributed by atoms with Gasteiger partial charge in [-0.15, -0.1) is 0 Å². The van der Waals surface area contributed by atoms with Crippen LogP contribution in [0.5, 0.6) is 0 Å². The maximum atomic E-state index is 13.7. The predicted molar refractivity (Wildman–Crippen MR) is 165 cm³/mol. The molecule has 2 saturated heterocycles. The molecule has 4 aromatic rings. The average molecular weight is 601 g/mol. The summed E-state index contributed by atoms with van der Waals surface area (Å²) in [6, 6.07) is 24.4. The van der Waals surface area contributed by atoms with E-state index in [1.807, 2.05) is 43.3 Å². The van der Waals surface area contributed by atoms with Crippen molar-refractivity contribution in [2.75, 3.05) is 44.6 Å². The summed E-state index contributed by atoms with van der Waals surface area (Å²) in [7, 11) is -3.63. The van der Waals surface area contributed by atoms with Crippen molar-refractivity contribution in [1.29, 1.82) is 0 Å². The fraction of sp³-hybridized carbons (Fsp3) is 0.333. The standard InChI is InChI=1S/C33H36N4O5S/c1-24-11-13-27(14-12-24)43(40,41)37-17-15-26(16-18-37)32(38)34-30-28-9-5-6-10-29(28)42-31(30)33(39)36-21-19-35(20-22-36)23-25-7-3-2-4-8-25/h2-14,26H,15-23H2,1H3,(H,34,38). The van der Waals surface area contributed by atoms with Gasteiger partial charge in [0.05, 0.1) is 4.90 Å². The van der Waals surface area contributed by atoms with E-state index in [2.05, 4.69) is 22.3 Å². The average Bonchev–Trinajstić information content (AvgIpc) is 3.40. The molecule has 0 aliphatic carbocycles. The Balaban J connectivity index is 1.12. The summed E-state index contributed by atoms with van der Waals surface area (Å²) in [5.74, 6) is -0.737. The lowest BCUT2D eigenvalue weighted by atomic mass is 9.97. The number of aryl methyl sites for hydroxylation is 1. The van der Waals surface area contributed by atoms with Gasteiger partial charge in [0, 0.05) is 57.1 Å². The van der Waals surface area contributed by atoms with Crippen LogP contribution in [0, 0.1) is 12.8 Å². The number of furan rings is 1. The first-order valence-electron chi connectivity index (χ1n) is 14.7. The molecule has 1 aromatic heterocycles. The van der Waals surface area contributed by atoms with Crippen LogP contribution in [0.3, 0.4) is 0 Å². The molecule has 3 aromatic carbocycles. The maximum Gasteiger partial charge on any atom is 0.291 e. The van der Waals surface area contributed by atoms with Crippen LogP contribution in [0.1, 0.15) is 34.5 Å². The quantitative estimate of drug-likeness (QED) is 0.329. The summed E-state index contributed by atoms with van der Waals surface area (Å²) >= 11 is 0. The number of sulfonamides is 1. The molecule has 2 amide bonds. The monoisotopic (exact) mass is 600 g/mol. The Kier molecular flexibility index (Phi) is 8.34. The van der Waals surface area contributed by atoms with Crippen molar-refractivity contribution in [1.82, 2.24) is 14.1 Å². The molecule has 2 aliphatic heterocycles. The summed E-state index contributed by atoms with van der Waals surface area (Å²) in [6.07, 6.45) is 0.777. The highest BCUT2D eigenvalue weighted by Crippen LogP contribution is 2.33. The lowest BCUT2D eigenvalue weighted by molar-refractivity contribution is -0.120. The molecule has 0 spiro atoms. The summed E-state index contributed by atoms with van der Waals surface area (Å²) in [4.78, 5) is 31.6. The topological polar surface area (TPSA) is 103 Å². The molecule has 2 fully saturated rings. The van der Waals surface area contributed by atoms with Crippen molar-refractivity contribution < 1.29 is 22.4 Å². The van der Waals surface area contributed by atoms with E-state index in [1.54, 1.807) is 35.2 Å². The smallest absolute Gasteiger partial charge is 0.291 e. The van der Waals surface area contributed by atoms with Gasteiger partial charge in [-0.05, 0) is 49.6 Å². The number of hydrogen-bond acceptors (Lipinski definition) is 6. The van der Waals surface area contributed by atoms with E-state index in [0.717, 1.165) is 25.2 Å². The number of para-hydroxylation sites is 1. The Morgan fingerprint density at radius 1 is 0.837 bits per heavy atom. The van der Waals surface area contributed by atoms with E-state index in [9.17, 15) is 18.0 Å². The number of anilines is 1. The van der Waals surface area contributed by atoms with Gasteiger partial charge in [0.1, 0.15) is 11.3 Å². The first-order chi connectivity index (χ1) is 20.8. The Hall–Kier alpha value is -3.99. The van der Waals surface area contributed by atoms with Crippen molar-refractivity contribution >= 4 is 38.5 Å². The maximum absolute atomic E-state index is 13.7. The van der Waals surface area contributed by atoms with Gasteiger partial charge in [0.25, 0.3) is 5.91 Å². The van der Waals surface area contributed by atoms with Crippen molar-refractivity contribution in [3.05, 3.63) is 95.7 Å². The second-order valence-corrected chi connectivity index (χ2v) is 13.3. The van der Waals surface area contributed by atoms with Gasteiger partial charge in [-0.1, -0.05) is 60.2 Å². The largest absolute Gasteiger partial charge is 0.449 e. The third-order valence-electron chi connectivity index (χ3n) is 8.43. The van der Waals surface area contributed by atoms with Gasteiger partial charge in [0.15, 0.2) is 0 Å². The van der Waals surface area contributed by atoms with Crippen molar-refractivity contribution in [3.63, 3.8) is 0 Å². The van der Waals surface area contributed by atoms with Gasteiger partial charge in [0.2, 0.25) is 21.7 Å². The van der Waals surface area contributed by atoms with Gasteiger partial charge in [-0.25, -0.2) is 8.42 Å². The molecule has 0 bridgehead atoms. The molecule has 10 heteroatoms. The number of benzene rings is 3. The number of rotatable bonds is 7. The molecule has 0 unspecified atom stereocenters. The van der Waals surface area contributed by atoms with Crippen LogP contribution in [0.15, 0.2) is 88.2 Å². The highest BCUT2D eigenvalue weighted by molar-refractivity contribution is 7.89. The first kappa shape index (κ1) is 29.1. The summed E-state index contributed by atoms with van der Waals surface area (Å²) in [5.41, 5.74) is 3.14. The van der Waals surface area contributed by atoms with E-state index < -0.39 is 10.0 Å². The van der Waals surface area contributed by atoms with Crippen molar-refractivity contribution in [2.24, 2.45) is 5.92 Å². The molecule has 0 radical (unpaired) electrons. The summed E-state index contributed by atoms with van der Waals surface area (Å²) in [5, 5.41) is 3.67. The molecule has 0 atom stereocenters. The Bertz CT molecular complexity index is 1700. The third-order valence-corrected chi connectivity index (χ3v) is 10.3. The number of piperidine rings is 1. The van der Waals surface area contributed by atoms with Crippen LogP contribution in [0.25, 0.3) is 11.0 Å². The molecule has 224 valence electrons. The number of piperazine rings is 1. The van der Waals surface area contributed by atoms with E-state index in [1.165, 1.54) is 9.87 Å². The Labute approximate surface area is 252 Å². The minimum absolute atomic E-state index is 0.130. The SMILES string of the molecule is Cc1ccc(S(=O)(=O)N2CCC(C(=O)Nc3c(C(=O)N4CCN(Cc5ccccc5)CC4)oc4ccccc34)CC2)cc1. The minimum Gasteiger partial charge on any atom is -0.449 e. The molecule has 3 heterocycles. The van der Waals surface area contributed by atoms with Crippen LogP contribution >= 0.6 is 0 Å². The molecule has 43 heavy (non-hydrogen) atoms. The molecular formula is C33H36N4O5S. The number of fused-ring (bicyclic) bond motifs is 1. The first-order valence-corrected chi connectivity index (χ1v) is 16.2. The van der Waals surface area contributed by atoms with Crippen LogP contribution in [0.2, 0.25) is 0 Å².